The predicted octanol–water partition coefficient (Wildman–Crippen LogP) is 6.89. The van der Waals surface area contributed by atoms with E-state index in [4.69, 9.17) is 0 Å². The third-order valence-electron chi connectivity index (χ3n) is 5.42. The van der Waals surface area contributed by atoms with E-state index in [1.54, 1.807) is 0 Å². The van der Waals surface area contributed by atoms with Crippen molar-refractivity contribution in [3.63, 3.8) is 0 Å². The molecule has 0 unspecified atom stereocenters. The highest BCUT2D eigenvalue weighted by molar-refractivity contribution is 9.10. The number of halogens is 1. The van der Waals surface area contributed by atoms with Gasteiger partial charge in [0, 0.05) is 10.2 Å². The van der Waals surface area contributed by atoms with Crippen LogP contribution in [0.15, 0.2) is 108 Å². The van der Waals surface area contributed by atoms with E-state index in [0.29, 0.717) is 0 Å². The van der Waals surface area contributed by atoms with Crippen LogP contribution in [0.1, 0.15) is 22.3 Å². The third kappa shape index (κ3) is 2.37. The summed E-state index contributed by atoms with van der Waals surface area (Å²) in [7, 11) is 0. The number of para-hydroxylation sites is 2. The Labute approximate surface area is 167 Å². The molecule has 0 spiro atoms. The van der Waals surface area contributed by atoms with Crippen molar-refractivity contribution in [1.82, 2.24) is 0 Å². The van der Waals surface area contributed by atoms with Gasteiger partial charge in [-0.1, -0.05) is 91.0 Å². The standard InChI is InChI=1S/C25H18BrN/c26-22-16-9-15-21-24(22)27-23-17-8-7-14-20(23)25(21,18-10-3-1-4-11-18)19-12-5-2-6-13-19/h1-17,27H. The minimum absolute atomic E-state index is 0.372. The van der Waals surface area contributed by atoms with Gasteiger partial charge in [0.05, 0.1) is 11.1 Å². The number of rotatable bonds is 2. The van der Waals surface area contributed by atoms with Crippen molar-refractivity contribution in [3.8, 4) is 0 Å². The van der Waals surface area contributed by atoms with Crippen LogP contribution in [0.4, 0.5) is 11.4 Å². The molecule has 5 rings (SSSR count). The molecule has 0 saturated heterocycles. The van der Waals surface area contributed by atoms with Gasteiger partial charge in [0.25, 0.3) is 0 Å². The molecule has 27 heavy (non-hydrogen) atoms. The minimum Gasteiger partial charge on any atom is -0.354 e. The molecular formula is C25H18BrN. The highest BCUT2D eigenvalue weighted by atomic mass is 79.9. The lowest BCUT2D eigenvalue weighted by molar-refractivity contribution is 0.740. The second-order valence-corrected chi connectivity index (χ2v) is 7.67. The first-order chi connectivity index (χ1) is 13.3. The van der Waals surface area contributed by atoms with Crippen LogP contribution in [0.2, 0.25) is 0 Å². The summed E-state index contributed by atoms with van der Waals surface area (Å²) in [6.45, 7) is 0. The third-order valence-corrected chi connectivity index (χ3v) is 6.08. The highest BCUT2D eigenvalue weighted by Crippen LogP contribution is 2.54. The van der Waals surface area contributed by atoms with Gasteiger partial charge in [-0.2, -0.15) is 0 Å². The van der Waals surface area contributed by atoms with Crippen molar-refractivity contribution in [2.75, 3.05) is 5.32 Å². The van der Waals surface area contributed by atoms with Gasteiger partial charge in [-0.15, -0.1) is 0 Å². The van der Waals surface area contributed by atoms with Crippen molar-refractivity contribution in [3.05, 3.63) is 130 Å². The maximum atomic E-state index is 3.77. The molecule has 0 saturated carbocycles. The van der Waals surface area contributed by atoms with Gasteiger partial charge in [0.2, 0.25) is 0 Å². The van der Waals surface area contributed by atoms with Crippen molar-refractivity contribution >= 4 is 27.3 Å². The molecule has 0 aliphatic carbocycles. The number of nitrogens with one attached hydrogen (secondary N) is 1. The highest BCUT2D eigenvalue weighted by Gasteiger charge is 2.44. The SMILES string of the molecule is Brc1cccc2c1Nc1ccccc1C2(c1ccccc1)c1ccccc1. The predicted molar refractivity (Wildman–Crippen MR) is 116 cm³/mol. The summed E-state index contributed by atoms with van der Waals surface area (Å²) < 4.78 is 1.07. The van der Waals surface area contributed by atoms with Gasteiger partial charge < -0.3 is 5.32 Å². The Bertz CT molecular complexity index is 1060. The van der Waals surface area contributed by atoms with E-state index in [1.165, 1.54) is 22.3 Å². The lowest BCUT2D eigenvalue weighted by Crippen LogP contribution is -2.35. The summed E-state index contributed by atoms with van der Waals surface area (Å²) in [5.41, 5.74) is 6.97. The van der Waals surface area contributed by atoms with Gasteiger partial charge in [-0.3, -0.25) is 0 Å². The van der Waals surface area contributed by atoms with Crippen molar-refractivity contribution < 1.29 is 0 Å². The van der Waals surface area contributed by atoms with E-state index in [0.717, 1.165) is 15.8 Å². The molecule has 1 aliphatic heterocycles. The Balaban J connectivity index is 1.99. The maximum Gasteiger partial charge on any atom is 0.0742 e. The second kappa shape index (κ2) is 6.40. The average molecular weight is 412 g/mol. The first-order valence-electron chi connectivity index (χ1n) is 9.08. The van der Waals surface area contributed by atoms with Crippen LogP contribution in [0.5, 0.6) is 0 Å². The summed E-state index contributed by atoms with van der Waals surface area (Å²) in [6.07, 6.45) is 0. The van der Waals surface area contributed by atoms with Gasteiger partial charge in [0.15, 0.2) is 0 Å². The molecule has 0 fully saturated rings. The van der Waals surface area contributed by atoms with Crippen LogP contribution < -0.4 is 5.32 Å². The molecule has 1 aliphatic rings. The monoisotopic (exact) mass is 411 g/mol. The van der Waals surface area contributed by atoms with E-state index in [1.807, 2.05) is 0 Å². The van der Waals surface area contributed by atoms with E-state index >= 15 is 0 Å². The molecule has 1 nitrogen and oxygen atoms in total. The van der Waals surface area contributed by atoms with Crippen LogP contribution in [0, 0.1) is 0 Å². The quantitative estimate of drug-likeness (QED) is 0.333. The molecule has 0 amide bonds. The molecule has 4 aromatic rings. The normalized spacial score (nSPS) is 14.0. The fraction of sp³-hybridized carbons (Fsp3) is 0.0400. The number of anilines is 2. The summed E-state index contributed by atoms with van der Waals surface area (Å²) in [4.78, 5) is 0. The zero-order valence-corrected chi connectivity index (χ0v) is 16.3. The zero-order valence-electron chi connectivity index (χ0n) is 14.7. The minimum atomic E-state index is -0.372. The lowest BCUT2D eigenvalue weighted by atomic mass is 9.63. The van der Waals surface area contributed by atoms with E-state index in [9.17, 15) is 0 Å². The number of hydrogen-bond donors (Lipinski definition) is 1. The van der Waals surface area contributed by atoms with Crippen LogP contribution in [-0.2, 0) is 5.41 Å². The zero-order chi connectivity index (χ0) is 18.3. The van der Waals surface area contributed by atoms with Gasteiger partial charge in [-0.05, 0) is 50.3 Å². The topological polar surface area (TPSA) is 12.0 Å². The molecule has 0 bridgehead atoms. The summed E-state index contributed by atoms with van der Waals surface area (Å²) in [5.74, 6) is 0. The lowest BCUT2D eigenvalue weighted by Gasteiger charge is -2.42. The molecule has 4 aromatic carbocycles. The average Bonchev–Trinajstić information content (AvgIpc) is 2.74. The van der Waals surface area contributed by atoms with E-state index in [2.05, 4.69) is 124 Å². The molecule has 0 atom stereocenters. The molecule has 1 heterocycles. The van der Waals surface area contributed by atoms with Crippen LogP contribution in [-0.4, -0.2) is 0 Å². The Morgan fingerprint density at radius 3 is 1.78 bits per heavy atom. The van der Waals surface area contributed by atoms with Gasteiger partial charge in [0.1, 0.15) is 0 Å². The Morgan fingerprint density at radius 2 is 1.11 bits per heavy atom. The summed E-state index contributed by atoms with van der Waals surface area (Å²) in [6, 6.07) is 36.7. The molecule has 2 heteroatoms. The smallest absolute Gasteiger partial charge is 0.0742 e. The van der Waals surface area contributed by atoms with Gasteiger partial charge in [-0.25, -0.2) is 0 Å². The summed E-state index contributed by atoms with van der Waals surface area (Å²) >= 11 is 3.77. The van der Waals surface area contributed by atoms with Crippen LogP contribution >= 0.6 is 15.9 Å². The fourth-order valence-electron chi connectivity index (χ4n) is 4.33. The number of benzene rings is 4. The maximum absolute atomic E-state index is 3.77. The van der Waals surface area contributed by atoms with Crippen LogP contribution in [0.25, 0.3) is 0 Å². The van der Waals surface area contributed by atoms with Crippen molar-refractivity contribution in [2.24, 2.45) is 0 Å². The number of fused-ring (bicyclic) bond motifs is 2. The van der Waals surface area contributed by atoms with Crippen LogP contribution in [0.3, 0.4) is 0 Å². The van der Waals surface area contributed by atoms with Crippen molar-refractivity contribution in [2.45, 2.75) is 5.41 Å². The van der Waals surface area contributed by atoms with Crippen molar-refractivity contribution in [1.29, 1.82) is 0 Å². The fourth-order valence-corrected chi connectivity index (χ4v) is 4.79. The molecular weight excluding hydrogens is 394 g/mol. The van der Waals surface area contributed by atoms with E-state index in [-0.39, 0.29) is 5.41 Å². The first kappa shape index (κ1) is 16.3. The molecule has 0 radical (unpaired) electrons. The number of hydrogen-bond acceptors (Lipinski definition) is 1. The summed E-state index contributed by atoms with van der Waals surface area (Å²) in [5, 5.41) is 3.66. The Hall–Kier alpha value is -2.84. The Morgan fingerprint density at radius 1 is 0.556 bits per heavy atom. The Kier molecular flexibility index (Phi) is 3.87. The van der Waals surface area contributed by atoms with E-state index < -0.39 is 0 Å². The first-order valence-corrected chi connectivity index (χ1v) is 9.87. The largest absolute Gasteiger partial charge is 0.354 e. The molecule has 0 aromatic heterocycles. The molecule has 1 N–H and O–H groups in total. The van der Waals surface area contributed by atoms with Gasteiger partial charge >= 0.3 is 0 Å². The molecule has 130 valence electrons. The second-order valence-electron chi connectivity index (χ2n) is 6.82.